The molecule has 0 bridgehead atoms. The van der Waals surface area contributed by atoms with Crippen LogP contribution in [0.5, 0.6) is 0 Å². The van der Waals surface area contributed by atoms with Crippen LogP contribution in [0.25, 0.3) is 22.8 Å². The summed E-state index contributed by atoms with van der Waals surface area (Å²) in [5.74, 6) is 5.80. The molecule has 0 saturated carbocycles. The van der Waals surface area contributed by atoms with Crippen molar-refractivity contribution in [1.82, 2.24) is 29.9 Å². The van der Waals surface area contributed by atoms with E-state index in [2.05, 4.69) is 37.1 Å². The van der Waals surface area contributed by atoms with Crippen molar-refractivity contribution in [2.75, 3.05) is 6.61 Å². The minimum Gasteiger partial charge on any atom is -0.461 e. The van der Waals surface area contributed by atoms with Crippen LogP contribution in [0.1, 0.15) is 41.7 Å². The van der Waals surface area contributed by atoms with Gasteiger partial charge in [-0.25, -0.2) is 14.8 Å². The highest BCUT2D eigenvalue weighted by molar-refractivity contribution is 5.89. The number of carbonyl (C=O) groups is 1. The largest absolute Gasteiger partial charge is 0.461 e. The number of ether oxygens (including phenoxy) is 1. The third kappa shape index (κ3) is 4.84. The van der Waals surface area contributed by atoms with E-state index in [1.807, 2.05) is 6.07 Å². The fourth-order valence-electron chi connectivity index (χ4n) is 3.12. The maximum Gasteiger partial charge on any atom is 0.357 e. The smallest absolute Gasteiger partial charge is 0.357 e. The highest BCUT2D eigenvalue weighted by atomic mass is 16.5. The summed E-state index contributed by atoms with van der Waals surface area (Å²) >= 11 is 0. The van der Waals surface area contributed by atoms with Crippen molar-refractivity contribution in [2.24, 2.45) is 7.05 Å². The number of hydrogen-bond donors (Lipinski definition) is 1. The van der Waals surface area contributed by atoms with Gasteiger partial charge in [0.05, 0.1) is 18.0 Å². The normalized spacial score (nSPS) is 12.5. The monoisotopic (exact) mass is 458 g/mol. The van der Waals surface area contributed by atoms with Crippen molar-refractivity contribution in [2.45, 2.75) is 26.4 Å². The summed E-state index contributed by atoms with van der Waals surface area (Å²) in [5, 5.41) is 22.3. The lowest BCUT2D eigenvalue weighted by Gasteiger charge is -2.10. The summed E-state index contributed by atoms with van der Waals surface area (Å²) in [7, 11) is 1.79. The molecule has 10 nitrogen and oxygen atoms in total. The molecule has 1 atom stereocenters. The van der Waals surface area contributed by atoms with E-state index < -0.39 is 11.6 Å². The van der Waals surface area contributed by atoms with E-state index in [1.54, 1.807) is 62.1 Å². The molecule has 172 valence electrons. The van der Waals surface area contributed by atoms with Gasteiger partial charge in [-0.1, -0.05) is 24.0 Å². The summed E-state index contributed by atoms with van der Waals surface area (Å²) in [6.45, 7) is 5.06. The standard InChI is InChI=1S/C24H22N6O4/c1-5-33-22(31)19-14-18(20-10-12-25-30(20)4)26-21(27-19)17-8-6-7-16(13-17)9-11-24(3,32)23-29-28-15(2)34-23/h6-8,10,12-14,32H,5H2,1-4H3/t24-/m1/s1. The fourth-order valence-corrected chi connectivity index (χ4v) is 3.12. The molecular formula is C24H22N6O4. The van der Waals surface area contributed by atoms with Crippen LogP contribution in [0.3, 0.4) is 0 Å². The molecule has 0 aliphatic heterocycles. The molecule has 10 heteroatoms. The van der Waals surface area contributed by atoms with E-state index in [9.17, 15) is 9.90 Å². The Morgan fingerprint density at radius 1 is 1.24 bits per heavy atom. The molecule has 1 aromatic carbocycles. The van der Waals surface area contributed by atoms with E-state index in [4.69, 9.17) is 9.15 Å². The van der Waals surface area contributed by atoms with Crippen LogP contribution in [0.2, 0.25) is 0 Å². The van der Waals surface area contributed by atoms with E-state index in [0.29, 0.717) is 28.5 Å². The van der Waals surface area contributed by atoms with Crippen molar-refractivity contribution >= 4 is 5.97 Å². The average Bonchev–Trinajstić information content (AvgIpc) is 3.46. The molecule has 4 rings (SSSR count). The maximum absolute atomic E-state index is 12.4. The first kappa shape index (κ1) is 22.8. The molecule has 1 N–H and O–H groups in total. The van der Waals surface area contributed by atoms with Gasteiger partial charge in [0, 0.05) is 31.3 Å². The topological polar surface area (TPSA) is 129 Å². The highest BCUT2D eigenvalue weighted by Gasteiger charge is 2.27. The lowest BCUT2D eigenvalue weighted by Crippen LogP contribution is -2.19. The Morgan fingerprint density at radius 3 is 2.74 bits per heavy atom. The second kappa shape index (κ2) is 9.25. The maximum atomic E-state index is 12.4. The quantitative estimate of drug-likeness (QED) is 0.354. The fraction of sp³-hybridized carbons (Fsp3) is 0.250. The number of carbonyl (C=O) groups excluding carboxylic acids is 1. The van der Waals surface area contributed by atoms with Crippen molar-refractivity contribution in [3.8, 4) is 34.6 Å². The van der Waals surface area contributed by atoms with E-state index in [0.717, 1.165) is 5.69 Å². The predicted molar refractivity (Wildman–Crippen MR) is 121 cm³/mol. The van der Waals surface area contributed by atoms with Crippen LogP contribution in [-0.2, 0) is 17.4 Å². The van der Waals surface area contributed by atoms with E-state index in [1.165, 1.54) is 6.92 Å². The van der Waals surface area contributed by atoms with Crippen molar-refractivity contribution in [1.29, 1.82) is 0 Å². The molecule has 34 heavy (non-hydrogen) atoms. The average molecular weight is 458 g/mol. The minimum absolute atomic E-state index is 0.0138. The molecule has 0 amide bonds. The molecule has 0 unspecified atom stereocenters. The van der Waals surface area contributed by atoms with E-state index in [-0.39, 0.29) is 18.2 Å². The Balaban J connectivity index is 1.74. The zero-order chi connectivity index (χ0) is 24.3. The van der Waals surface area contributed by atoms with Crippen LogP contribution in [0.15, 0.2) is 47.0 Å². The van der Waals surface area contributed by atoms with Crippen molar-refractivity contribution in [3.63, 3.8) is 0 Å². The van der Waals surface area contributed by atoms with Gasteiger partial charge in [0.1, 0.15) is 0 Å². The Morgan fingerprint density at radius 2 is 2.06 bits per heavy atom. The van der Waals surface area contributed by atoms with Crippen LogP contribution < -0.4 is 0 Å². The van der Waals surface area contributed by atoms with Gasteiger partial charge >= 0.3 is 5.97 Å². The molecule has 0 aliphatic rings. The number of esters is 1. The Labute approximate surface area is 195 Å². The summed E-state index contributed by atoms with van der Waals surface area (Å²) in [6.07, 6.45) is 1.65. The second-order valence-corrected chi connectivity index (χ2v) is 7.55. The summed E-state index contributed by atoms with van der Waals surface area (Å²) in [4.78, 5) is 21.5. The van der Waals surface area contributed by atoms with Gasteiger partial charge < -0.3 is 14.3 Å². The summed E-state index contributed by atoms with van der Waals surface area (Å²) in [5.41, 5.74) is 0.991. The molecule has 3 heterocycles. The van der Waals surface area contributed by atoms with Gasteiger partial charge in [-0.15, -0.1) is 10.2 Å². The van der Waals surface area contributed by atoms with E-state index >= 15 is 0 Å². The number of benzene rings is 1. The lowest BCUT2D eigenvalue weighted by atomic mass is 10.1. The van der Waals surface area contributed by atoms with Gasteiger partial charge in [0.25, 0.3) is 5.89 Å². The molecular weight excluding hydrogens is 436 g/mol. The number of nitrogens with zero attached hydrogens (tertiary/aromatic N) is 6. The number of aryl methyl sites for hydroxylation is 2. The van der Waals surface area contributed by atoms with Crippen molar-refractivity contribution in [3.05, 3.63) is 65.6 Å². The highest BCUT2D eigenvalue weighted by Crippen LogP contribution is 2.24. The number of hydrogen-bond acceptors (Lipinski definition) is 9. The molecule has 0 radical (unpaired) electrons. The Kier molecular flexibility index (Phi) is 6.21. The Hall–Kier alpha value is -4.36. The first-order chi connectivity index (χ1) is 16.3. The molecule has 0 fully saturated rings. The zero-order valence-corrected chi connectivity index (χ0v) is 19.1. The lowest BCUT2D eigenvalue weighted by molar-refractivity contribution is 0.0519. The van der Waals surface area contributed by atoms with Gasteiger partial charge in [-0.2, -0.15) is 5.10 Å². The number of aliphatic hydroxyl groups is 1. The first-order valence-electron chi connectivity index (χ1n) is 10.5. The van der Waals surface area contributed by atoms with Crippen LogP contribution in [0.4, 0.5) is 0 Å². The summed E-state index contributed by atoms with van der Waals surface area (Å²) in [6, 6.07) is 10.5. The molecule has 0 aliphatic carbocycles. The van der Waals surface area contributed by atoms with Gasteiger partial charge in [-0.05, 0) is 38.1 Å². The van der Waals surface area contributed by atoms with Gasteiger partial charge in [-0.3, -0.25) is 4.68 Å². The number of aromatic nitrogens is 6. The molecule has 3 aromatic heterocycles. The second-order valence-electron chi connectivity index (χ2n) is 7.55. The van der Waals surface area contributed by atoms with Gasteiger partial charge in [0.15, 0.2) is 11.5 Å². The van der Waals surface area contributed by atoms with Crippen molar-refractivity contribution < 1.29 is 19.1 Å². The third-order valence-corrected chi connectivity index (χ3v) is 4.81. The third-order valence-electron chi connectivity index (χ3n) is 4.81. The minimum atomic E-state index is -1.62. The predicted octanol–water partition coefficient (Wildman–Crippen LogP) is 2.67. The zero-order valence-electron chi connectivity index (χ0n) is 19.1. The molecule has 0 spiro atoms. The van der Waals surface area contributed by atoms with Crippen LogP contribution in [-0.4, -0.2) is 47.6 Å². The van der Waals surface area contributed by atoms with Gasteiger partial charge in [0.2, 0.25) is 11.5 Å². The SMILES string of the molecule is CCOC(=O)c1cc(-c2ccnn2C)nc(-c2cccc(C#C[C@@](C)(O)c3nnc(C)o3)c2)n1. The van der Waals surface area contributed by atoms with Crippen LogP contribution in [0, 0.1) is 18.8 Å². The first-order valence-corrected chi connectivity index (χ1v) is 10.5. The number of rotatable bonds is 5. The molecule has 0 saturated heterocycles. The Bertz CT molecular complexity index is 1410. The summed E-state index contributed by atoms with van der Waals surface area (Å²) < 4.78 is 12.1. The van der Waals surface area contributed by atoms with Crippen LogP contribution >= 0.6 is 0 Å². The molecule has 4 aromatic rings.